The van der Waals surface area contributed by atoms with E-state index in [1.54, 1.807) is 38.6 Å². The first-order chi connectivity index (χ1) is 8.11. The van der Waals surface area contributed by atoms with Crippen molar-refractivity contribution in [1.82, 2.24) is 15.2 Å². The van der Waals surface area contributed by atoms with Gasteiger partial charge >= 0.3 is 0 Å². The van der Waals surface area contributed by atoms with Crippen LogP contribution in [-0.4, -0.2) is 35.1 Å². The molecule has 2 heterocycles. The van der Waals surface area contributed by atoms with Crippen LogP contribution in [0.5, 0.6) is 5.88 Å². The number of likely N-dealkylation sites (N-methyl/N-ethyl adjacent to an activating group) is 1. The molecule has 1 amide bonds. The van der Waals surface area contributed by atoms with E-state index in [0.717, 1.165) is 5.56 Å². The molecular formula is C11H11N3O2S. The Morgan fingerprint density at radius 2 is 2.35 bits per heavy atom. The molecule has 88 valence electrons. The molecule has 0 atom stereocenters. The fraction of sp³-hybridized carbons (Fsp3) is 0.182. The Labute approximate surface area is 104 Å². The lowest BCUT2D eigenvalue weighted by Gasteiger charge is -2.02. The maximum absolute atomic E-state index is 11.7. The Morgan fingerprint density at radius 1 is 1.59 bits per heavy atom. The molecule has 0 radical (unpaired) electrons. The van der Waals surface area contributed by atoms with Crippen LogP contribution in [0.3, 0.4) is 0 Å². The van der Waals surface area contributed by atoms with E-state index < -0.39 is 0 Å². The van der Waals surface area contributed by atoms with Crippen LogP contribution in [0.15, 0.2) is 24.0 Å². The van der Waals surface area contributed by atoms with Crippen molar-refractivity contribution in [1.29, 1.82) is 0 Å². The highest BCUT2D eigenvalue weighted by molar-refractivity contribution is 7.80. The van der Waals surface area contributed by atoms with Crippen molar-refractivity contribution in [3.8, 4) is 5.88 Å². The second-order valence-corrected chi connectivity index (χ2v) is 3.87. The Balaban J connectivity index is 2.30. The SMILES string of the molecule is COc1cc(/C=C2/NC(=S)N(C)C2=O)ccn1. The number of carbonyl (C=O) groups is 1. The van der Waals surface area contributed by atoms with Crippen molar-refractivity contribution >= 4 is 29.3 Å². The van der Waals surface area contributed by atoms with E-state index in [2.05, 4.69) is 10.3 Å². The highest BCUT2D eigenvalue weighted by Gasteiger charge is 2.26. The lowest BCUT2D eigenvalue weighted by Crippen LogP contribution is -2.25. The summed E-state index contributed by atoms with van der Waals surface area (Å²) in [5.41, 5.74) is 1.27. The fourth-order valence-corrected chi connectivity index (χ4v) is 1.61. The lowest BCUT2D eigenvalue weighted by atomic mass is 10.2. The van der Waals surface area contributed by atoms with E-state index in [9.17, 15) is 4.79 Å². The minimum atomic E-state index is -0.147. The van der Waals surface area contributed by atoms with Gasteiger partial charge in [0, 0.05) is 19.3 Å². The number of carbonyl (C=O) groups excluding carboxylic acids is 1. The predicted octanol–water partition coefficient (Wildman–Crippen LogP) is 0.778. The molecule has 0 saturated carbocycles. The Kier molecular flexibility index (Phi) is 3.06. The van der Waals surface area contributed by atoms with Gasteiger partial charge in [-0.1, -0.05) is 0 Å². The summed E-state index contributed by atoms with van der Waals surface area (Å²) in [7, 11) is 3.17. The minimum absolute atomic E-state index is 0.147. The van der Waals surface area contributed by atoms with Crippen molar-refractivity contribution in [3.05, 3.63) is 29.6 Å². The molecule has 0 aromatic carbocycles. The first-order valence-electron chi connectivity index (χ1n) is 4.92. The number of amides is 1. The van der Waals surface area contributed by atoms with Crippen LogP contribution in [0.4, 0.5) is 0 Å². The number of nitrogens with one attached hydrogen (secondary N) is 1. The van der Waals surface area contributed by atoms with Crippen LogP contribution >= 0.6 is 12.2 Å². The predicted molar refractivity (Wildman–Crippen MR) is 67.3 cm³/mol. The van der Waals surface area contributed by atoms with Gasteiger partial charge in [-0.05, 0) is 29.9 Å². The molecule has 1 aromatic heterocycles. The first-order valence-corrected chi connectivity index (χ1v) is 5.33. The fourth-order valence-electron chi connectivity index (χ4n) is 1.42. The van der Waals surface area contributed by atoms with Crippen molar-refractivity contribution in [2.24, 2.45) is 0 Å². The molecule has 1 aliphatic rings. The van der Waals surface area contributed by atoms with Gasteiger partial charge in [0.05, 0.1) is 7.11 Å². The summed E-state index contributed by atoms with van der Waals surface area (Å²) in [4.78, 5) is 17.1. The van der Waals surface area contributed by atoms with Gasteiger partial charge in [0.2, 0.25) is 5.88 Å². The Hall–Kier alpha value is -1.95. The highest BCUT2D eigenvalue weighted by atomic mass is 32.1. The molecule has 1 fully saturated rings. The third-order valence-corrected chi connectivity index (χ3v) is 2.74. The smallest absolute Gasteiger partial charge is 0.276 e. The standard InChI is InChI=1S/C11H11N3O2S/c1-14-10(15)8(13-11(14)17)5-7-3-4-12-9(6-7)16-2/h3-6H,1-2H3,(H,13,17)/b8-5+. The molecule has 0 spiro atoms. The second kappa shape index (κ2) is 4.50. The minimum Gasteiger partial charge on any atom is -0.481 e. The average Bonchev–Trinajstić information content (AvgIpc) is 2.57. The normalized spacial score (nSPS) is 17.5. The quantitative estimate of drug-likeness (QED) is 0.620. The number of thiocarbonyl (C=S) groups is 1. The average molecular weight is 249 g/mol. The van der Waals surface area contributed by atoms with Crippen molar-refractivity contribution in [2.45, 2.75) is 0 Å². The third kappa shape index (κ3) is 2.26. The van der Waals surface area contributed by atoms with Crippen molar-refractivity contribution < 1.29 is 9.53 Å². The molecule has 2 rings (SSSR count). The van der Waals surface area contributed by atoms with Gasteiger partial charge < -0.3 is 10.1 Å². The molecule has 0 aliphatic carbocycles. The zero-order valence-corrected chi connectivity index (χ0v) is 10.2. The van der Waals surface area contributed by atoms with Crippen LogP contribution in [0, 0.1) is 0 Å². The summed E-state index contributed by atoms with van der Waals surface area (Å²) < 4.78 is 5.01. The largest absolute Gasteiger partial charge is 0.481 e. The number of hydrogen-bond acceptors (Lipinski definition) is 4. The van der Waals surface area contributed by atoms with E-state index in [-0.39, 0.29) is 5.91 Å². The monoisotopic (exact) mass is 249 g/mol. The molecular weight excluding hydrogens is 238 g/mol. The molecule has 6 heteroatoms. The van der Waals surface area contributed by atoms with Gasteiger partial charge in [0.1, 0.15) is 5.70 Å². The molecule has 17 heavy (non-hydrogen) atoms. The summed E-state index contributed by atoms with van der Waals surface area (Å²) >= 11 is 4.98. The van der Waals surface area contributed by atoms with Gasteiger partial charge in [0.15, 0.2) is 5.11 Å². The van der Waals surface area contributed by atoms with Gasteiger partial charge in [-0.2, -0.15) is 0 Å². The number of rotatable bonds is 2. The summed E-state index contributed by atoms with van der Waals surface area (Å²) in [5, 5.41) is 3.25. The Bertz CT molecular complexity index is 513. The number of aromatic nitrogens is 1. The Morgan fingerprint density at radius 3 is 2.94 bits per heavy atom. The summed E-state index contributed by atoms with van der Waals surface area (Å²) in [6.45, 7) is 0. The number of ether oxygens (including phenoxy) is 1. The van der Waals surface area contributed by atoms with E-state index in [1.807, 2.05) is 0 Å². The van der Waals surface area contributed by atoms with Crippen molar-refractivity contribution in [3.63, 3.8) is 0 Å². The van der Waals surface area contributed by atoms with E-state index in [4.69, 9.17) is 17.0 Å². The molecule has 0 unspecified atom stereocenters. The third-order valence-electron chi connectivity index (χ3n) is 2.36. The number of methoxy groups -OCH3 is 1. The topological polar surface area (TPSA) is 54.5 Å². The van der Waals surface area contributed by atoms with Crippen molar-refractivity contribution in [2.75, 3.05) is 14.2 Å². The number of pyridine rings is 1. The van der Waals surface area contributed by atoms with E-state index in [0.29, 0.717) is 16.7 Å². The maximum Gasteiger partial charge on any atom is 0.276 e. The molecule has 1 aromatic rings. The summed E-state index contributed by atoms with van der Waals surface area (Å²) in [5.74, 6) is 0.353. The molecule has 1 aliphatic heterocycles. The van der Waals surface area contributed by atoms with Gasteiger partial charge in [0.25, 0.3) is 5.91 Å². The van der Waals surface area contributed by atoms with Crippen LogP contribution in [0.2, 0.25) is 0 Å². The lowest BCUT2D eigenvalue weighted by molar-refractivity contribution is -0.121. The first kappa shape index (κ1) is 11.5. The molecule has 1 saturated heterocycles. The highest BCUT2D eigenvalue weighted by Crippen LogP contribution is 2.15. The molecule has 5 nitrogen and oxygen atoms in total. The zero-order chi connectivity index (χ0) is 12.4. The molecule has 0 bridgehead atoms. The number of hydrogen-bond donors (Lipinski definition) is 1. The van der Waals surface area contributed by atoms with Crippen LogP contribution in [-0.2, 0) is 4.79 Å². The second-order valence-electron chi connectivity index (χ2n) is 3.48. The van der Waals surface area contributed by atoms with Gasteiger partial charge in [-0.3, -0.25) is 9.69 Å². The van der Waals surface area contributed by atoms with Crippen LogP contribution in [0.1, 0.15) is 5.56 Å². The summed E-state index contributed by atoms with van der Waals surface area (Å²) in [6.07, 6.45) is 3.33. The van der Waals surface area contributed by atoms with E-state index in [1.165, 1.54) is 4.90 Å². The van der Waals surface area contributed by atoms with Gasteiger partial charge in [-0.15, -0.1) is 0 Å². The summed E-state index contributed by atoms with van der Waals surface area (Å²) in [6, 6.07) is 3.52. The van der Waals surface area contributed by atoms with E-state index >= 15 is 0 Å². The molecule has 1 N–H and O–H groups in total. The maximum atomic E-state index is 11.7. The van der Waals surface area contributed by atoms with Crippen LogP contribution in [0.25, 0.3) is 6.08 Å². The van der Waals surface area contributed by atoms with Gasteiger partial charge in [-0.25, -0.2) is 4.98 Å². The zero-order valence-electron chi connectivity index (χ0n) is 9.43. The van der Waals surface area contributed by atoms with Crippen LogP contribution < -0.4 is 10.1 Å². The number of nitrogens with zero attached hydrogens (tertiary/aromatic N) is 2.